The largest absolute Gasteiger partial charge is 0.481 e. The molecule has 1 unspecified atom stereocenters. The Hall–Kier alpha value is -1.88. The highest BCUT2D eigenvalue weighted by molar-refractivity contribution is 5.95. The molecule has 0 radical (unpaired) electrons. The smallest absolute Gasteiger partial charge is 0.322 e. The molecule has 0 aliphatic heterocycles. The fourth-order valence-electron chi connectivity index (χ4n) is 2.35. The Morgan fingerprint density at radius 2 is 1.58 bits per heavy atom. The zero-order valence-electron chi connectivity index (χ0n) is 15.4. The van der Waals surface area contributed by atoms with Crippen molar-refractivity contribution in [3.05, 3.63) is 35.4 Å². The molecule has 0 saturated carbocycles. The third-order valence-corrected chi connectivity index (χ3v) is 3.65. The minimum absolute atomic E-state index is 0.0424. The van der Waals surface area contributed by atoms with Crippen LogP contribution < -0.4 is 5.73 Å². The molecule has 2 atom stereocenters. The van der Waals surface area contributed by atoms with E-state index in [0.717, 1.165) is 5.56 Å². The number of ether oxygens (including phenoxy) is 1. The van der Waals surface area contributed by atoms with Crippen molar-refractivity contribution in [1.82, 2.24) is 0 Å². The lowest BCUT2D eigenvalue weighted by molar-refractivity contribution is -0.167. The highest BCUT2D eigenvalue weighted by Gasteiger charge is 2.36. The summed E-state index contributed by atoms with van der Waals surface area (Å²) in [5, 5.41) is 9.36. The van der Waals surface area contributed by atoms with Crippen molar-refractivity contribution in [2.45, 2.75) is 65.0 Å². The van der Waals surface area contributed by atoms with E-state index in [-0.39, 0.29) is 5.41 Å². The van der Waals surface area contributed by atoms with E-state index < -0.39 is 29.5 Å². The number of hydrogen-bond acceptors (Lipinski definition) is 4. The number of esters is 1. The summed E-state index contributed by atoms with van der Waals surface area (Å²) in [7, 11) is 0. The third-order valence-electron chi connectivity index (χ3n) is 3.65. The second-order valence-electron chi connectivity index (χ2n) is 8.16. The van der Waals surface area contributed by atoms with E-state index in [4.69, 9.17) is 10.5 Å². The zero-order valence-corrected chi connectivity index (χ0v) is 15.4. The van der Waals surface area contributed by atoms with Gasteiger partial charge in [-0.05, 0) is 43.7 Å². The monoisotopic (exact) mass is 335 g/mol. The number of carboxylic acid groups (broad SMARTS) is 1. The van der Waals surface area contributed by atoms with Gasteiger partial charge >= 0.3 is 11.9 Å². The van der Waals surface area contributed by atoms with Gasteiger partial charge in [0.05, 0.1) is 0 Å². The third kappa shape index (κ3) is 5.96. The minimum Gasteiger partial charge on any atom is -0.481 e. The summed E-state index contributed by atoms with van der Waals surface area (Å²) < 4.78 is 5.18. The maximum absolute atomic E-state index is 12.1. The Morgan fingerprint density at radius 1 is 1.08 bits per heavy atom. The number of nitrogens with two attached hydrogens (primary N) is 1. The molecule has 0 fully saturated rings. The minimum atomic E-state index is -1.38. The average molecular weight is 335 g/mol. The molecule has 0 heterocycles. The first-order valence-corrected chi connectivity index (χ1v) is 8.12. The van der Waals surface area contributed by atoms with Crippen LogP contribution in [-0.2, 0) is 26.2 Å². The van der Waals surface area contributed by atoms with E-state index in [1.807, 2.05) is 24.3 Å². The molecule has 1 aromatic rings. The average Bonchev–Trinajstić information content (AvgIpc) is 2.35. The van der Waals surface area contributed by atoms with Crippen molar-refractivity contribution in [1.29, 1.82) is 0 Å². The summed E-state index contributed by atoms with van der Waals surface area (Å²) in [4.78, 5) is 23.6. The van der Waals surface area contributed by atoms with Crippen molar-refractivity contribution in [3.63, 3.8) is 0 Å². The van der Waals surface area contributed by atoms with Crippen LogP contribution in [-0.4, -0.2) is 28.7 Å². The van der Waals surface area contributed by atoms with Crippen molar-refractivity contribution in [2.24, 2.45) is 11.7 Å². The molecule has 0 aliphatic carbocycles. The summed E-state index contributed by atoms with van der Waals surface area (Å²) in [6.45, 7) is 11.5. The molecule has 0 aromatic heterocycles. The molecule has 0 aliphatic rings. The topological polar surface area (TPSA) is 89.6 Å². The number of carbonyl (C=O) groups is 2. The van der Waals surface area contributed by atoms with Gasteiger partial charge in [0.1, 0.15) is 5.60 Å². The Bertz CT molecular complexity index is 579. The fourth-order valence-corrected chi connectivity index (χ4v) is 2.35. The van der Waals surface area contributed by atoms with Gasteiger partial charge in [-0.2, -0.15) is 0 Å². The van der Waals surface area contributed by atoms with Crippen LogP contribution in [0.1, 0.15) is 52.7 Å². The van der Waals surface area contributed by atoms with E-state index in [9.17, 15) is 14.7 Å². The highest BCUT2D eigenvalue weighted by Crippen LogP contribution is 2.23. The van der Waals surface area contributed by atoms with Gasteiger partial charge < -0.3 is 15.6 Å². The number of aliphatic carboxylic acids is 1. The number of hydrogen-bond donors (Lipinski definition) is 2. The number of rotatable bonds is 5. The van der Waals surface area contributed by atoms with Crippen molar-refractivity contribution >= 4 is 11.9 Å². The van der Waals surface area contributed by atoms with E-state index in [0.29, 0.717) is 6.42 Å². The van der Waals surface area contributed by atoms with Gasteiger partial charge in [0.2, 0.25) is 0 Å². The normalized spacial score (nSPS) is 14.8. The molecule has 134 valence electrons. The Labute approximate surface area is 144 Å². The van der Waals surface area contributed by atoms with Gasteiger partial charge in [-0.1, -0.05) is 45.0 Å². The van der Waals surface area contributed by atoms with Gasteiger partial charge in [-0.25, -0.2) is 0 Å². The fraction of sp³-hybridized carbons (Fsp3) is 0.579. The second-order valence-corrected chi connectivity index (χ2v) is 8.16. The summed E-state index contributed by atoms with van der Waals surface area (Å²) >= 11 is 0. The van der Waals surface area contributed by atoms with Crippen molar-refractivity contribution in [2.75, 3.05) is 0 Å². The van der Waals surface area contributed by atoms with E-state index >= 15 is 0 Å². The predicted molar refractivity (Wildman–Crippen MR) is 93.8 cm³/mol. The molecule has 0 spiro atoms. The van der Waals surface area contributed by atoms with Crippen molar-refractivity contribution < 1.29 is 19.4 Å². The van der Waals surface area contributed by atoms with Gasteiger partial charge in [0.15, 0.2) is 5.92 Å². The second kappa shape index (κ2) is 7.34. The van der Waals surface area contributed by atoms with Crippen LogP contribution in [0.5, 0.6) is 0 Å². The van der Waals surface area contributed by atoms with E-state index in [2.05, 4.69) is 20.8 Å². The Kier molecular flexibility index (Phi) is 6.17. The Balaban J connectivity index is 2.88. The molecular formula is C19H29NO4. The molecule has 5 nitrogen and oxygen atoms in total. The lowest BCUT2D eigenvalue weighted by atomic mass is 9.86. The first-order chi connectivity index (χ1) is 10.8. The molecule has 0 bridgehead atoms. The molecule has 0 amide bonds. The summed E-state index contributed by atoms with van der Waals surface area (Å²) in [6.07, 6.45) is 0.292. The summed E-state index contributed by atoms with van der Waals surface area (Å²) in [5.74, 6) is -3.44. The quantitative estimate of drug-likeness (QED) is 0.638. The van der Waals surface area contributed by atoms with Gasteiger partial charge in [-0.3, -0.25) is 9.59 Å². The lowest BCUT2D eigenvalue weighted by Crippen LogP contribution is -2.45. The van der Waals surface area contributed by atoms with Gasteiger partial charge in [0.25, 0.3) is 0 Å². The predicted octanol–water partition coefficient (Wildman–Crippen LogP) is 2.90. The van der Waals surface area contributed by atoms with Crippen LogP contribution in [0.4, 0.5) is 0 Å². The molecule has 1 aromatic carbocycles. The summed E-state index contributed by atoms with van der Waals surface area (Å²) in [5.41, 5.74) is 7.38. The molecule has 3 N–H and O–H groups in total. The SMILES string of the molecule is CC(C)(C)OC(=O)[C@@H](C(=O)O)C(N)Cc1ccc(C(C)(C)C)cc1. The van der Waals surface area contributed by atoms with Crippen LogP contribution in [0.25, 0.3) is 0 Å². The van der Waals surface area contributed by atoms with Crippen LogP contribution in [0.3, 0.4) is 0 Å². The highest BCUT2D eigenvalue weighted by atomic mass is 16.6. The number of benzene rings is 1. The summed E-state index contributed by atoms with van der Waals surface area (Å²) in [6, 6.07) is 7.01. The maximum atomic E-state index is 12.1. The lowest BCUT2D eigenvalue weighted by Gasteiger charge is -2.25. The molecular weight excluding hydrogens is 306 g/mol. The van der Waals surface area contributed by atoms with Gasteiger partial charge in [0, 0.05) is 6.04 Å². The molecule has 0 saturated heterocycles. The van der Waals surface area contributed by atoms with E-state index in [1.165, 1.54) is 5.56 Å². The van der Waals surface area contributed by atoms with E-state index in [1.54, 1.807) is 20.8 Å². The van der Waals surface area contributed by atoms with Crippen LogP contribution >= 0.6 is 0 Å². The van der Waals surface area contributed by atoms with Gasteiger partial charge in [-0.15, -0.1) is 0 Å². The zero-order chi connectivity index (χ0) is 18.7. The van der Waals surface area contributed by atoms with Crippen LogP contribution in [0.2, 0.25) is 0 Å². The Morgan fingerprint density at radius 3 is 1.96 bits per heavy atom. The first-order valence-electron chi connectivity index (χ1n) is 8.12. The standard InChI is InChI=1S/C19H29NO4/c1-18(2,3)13-9-7-12(8-10-13)11-14(20)15(16(21)22)17(23)24-19(4,5)6/h7-10,14-15H,11,20H2,1-6H3,(H,21,22)/t14?,15-/m1/s1. The molecule has 5 heteroatoms. The number of carbonyl (C=O) groups excluding carboxylic acids is 1. The number of carboxylic acids is 1. The maximum Gasteiger partial charge on any atom is 0.322 e. The van der Waals surface area contributed by atoms with Crippen LogP contribution in [0.15, 0.2) is 24.3 Å². The first kappa shape index (κ1) is 20.2. The van der Waals surface area contributed by atoms with Crippen LogP contribution in [0, 0.1) is 5.92 Å². The molecule has 24 heavy (non-hydrogen) atoms. The molecule has 1 rings (SSSR count). The van der Waals surface area contributed by atoms with Crippen molar-refractivity contribution in [3.8, 4) is 0 Å².